The van der Waals surface area contributed by atoms with Crippen LogP contribution in [-0.4, -0.2) is 32.9 Å². The van der Waals surface area contributed by atoms with E-state index in [4.69, 9.17) is 11.6 Å². The number of nitrogens with zero attached hydrogens (tertiary/aromatic N) is 1. The van der Waals surface area contributed by atoms with Crippen LogP contribution < -0.4 is 5.32 Å². The maximum absolute atomic E-state index is 14.3. The molecule has 106 valence electrons. The van der Waals surface area contributed by atoms with Gasteiger partial charge in [-0.15, -0.1) is 0 Å². The summed E-state index contributed by atoms with van der Waals surface area (Å²) < 4.78 is 40.3. The van der Waals surface area contributed by atoms with E-state index in [9.17, 15) is 12.8 Å². The maximum atomic E-state index is 14.3. The molecule has 1 saturated heterocycles. The average molecular weight is 307 g/mol. The number of benzene rings is 1. The molecule has 1 aliphatic heterocycles. The summed E-state index contributed by atoms with van der Waals surface area (Å²) in [6.07, 6.45) is 1.62. The summed E-state index contributed by atoms with van der Waals surface area (Å²) in [4.78, 5) is -0.327. The minimum absolute atomic E-state index is 0.226. The molecule has 1 N–H and O–H groups in total. The predicted octanol–water partition coefficient (Wildman–Crippen LogP) is 1.98. The van der Waals surface area contributed by atoms with Gasteiger partial charge in [0.05, 0.1) is 0 Å². The second-order valence-corrected chi connectivity index (χ2v) is 6.86. The number of hydrogen-bond donors (Lipinski definition) is 1. The summed E-state index contributed by atoms with van der Waals surface area (Å²) in [6.45, 7) is 1.11. The Kier molecular flexibility index (Phi) is 4.45. The third-order valence-electron chi connectivity index (χ3n) is 3.13. The van der Waals surface area contributed by atoms with Crippen LogP contribution >= 0.6 is 11.6 Å². The molecule has 0 aromatic heterocycles. The average Bonchev–Trinajstić information content (AvgIpc) is 2.88. The fraction of sp³-hybridized carbons (Fsp3) is 0.500. The number of sulfonamides is 1. The lowest BCUT2D eigenvalue weighted by atomic mass is 10.2. The molecule has 0 unspecified atom stereocenters. The van der Waals surface area contributed by atoms with E-state index < -0.39 is 15.8 Å². The van der Waals surface area contributed by atoms with E-state index in [-0.39, 0.29) is 22.0 Å². The van der Waals surface area contributed by atoms with Crippen LogP contribution in [0.3, 0.4) is 0 Å². The van der Waals surface area contributed by atoms with Crippen LogP contribution in [0.1, 0.15) is 18.4 Å². The molecule has 0 radical (unpaired) electrons. The van der Waals surface area contributed by atoms with Crippen molar-refractivity contribution in [3.63, 3.8) is 0 Å². The first-order chi connectivity index (χ1) is 8.96. The van der Waals surface area contributed by atoms with Crippen molar-refractivity contribution >= 4 is 21.6 Å². The van der Waals surface area contributed by atoms with E-state index in [0.29, 0.717) is 13.1 Å². The minimum Gasteiger partial charge on any atom is -0.316 e. The molecule has 0 atom stereocenters. The zero-order valence-electron chi connectivity index (χ0n) is 10.6. The molecular formula is C12H16ClFN2O2S. The molecule has 7 heteroatoms. The van der Waals surface area contributed by atoms with Crippen molar-refractivity contribution in [2.45, 2.75) is 24.3 Å². The van der Waals surface area contributed by atoms with E-state index in [0.717, 1.165) is 12.8 Å². The first kappa shape index (κ1) is 14.7. The lowest BCUT2D eigenvalue weighted by Crippen LogP contribution is -2.29. The van der Waals surface area contributed by atoms with Crippen molar-refractivity contribution in [1.29, 1.82) is 0 Å². The zero-order chi connectivity index (χ0) is 14.0. The Bertz CT molecular complexity index is 571. The SMILES string of the molecule is CNCc1cc(Cl)cc(S(=O)(=O)N2CCCC2)c1F. The third-order valence-corrected chi connectivity index (χ3v) is 5.25. The monoisotopic (exact) mass is 306 g/mol. The summed E-state index contributed by atoms with van der Waals surface area (Å²) in [5.74, 6) is -0.717. The molecule has 0 bridgehead atoms. The highest BCUT2D eigenvalue weighted by molar-refractivity contribution is 7.89. The second kappa shape index (κ2) is 5.75. The van der Waals surface area contributed by atoms with Crippen molar-refractivity contribution < 1.29 is 12.8 Å². The molecule has 1 heterocycles. The number of hydrogen-bond acceptors (Lipinski definition) is 3. The molecule has 4 nitrogen and oxygen atoms in total. The van der Waals surface area contributed by atoms with Gasteiger partial charge < -0.3 is 5.32 Å². The molecule has 1 aliphatic rings. The second-order valence-electron chi connectivity index (χ2n) is 4.52. The van der Waals surface area contributed by atoms with Crippen LogP contribution in [0, 0.1) is 5.82 Å². The maximum Gasteiger partial charge on any atom is 0.246 e. The normalized spacial score (nSPS) is 17.0. The van der Waals surface area contributed by atoms with E-state index >= 15 is 0 Å². The highest BCUT2D eigenvalue weighted by Crippen LogP contribution is 2.28. The van der Waals surface area contributed by atoms with Gasteiger partial charge in [-0.05, 0) is 32.0 Å². The molecule has 2 rings (SSSR count). The standard InChI is InChI=1S/C12H16ClFN2O2S/c1-15-8-9-6-10(13)7-11(12(9)14)19(17,18)16-4-2-3-5-16/h6-7,15H,2-5,8H2,1H3. The van der Waals surface area contributed by atoms with Crippen LogP contribution in [0.2, 0.25) is 5.02 Å². The van der Waals surface area contributed by atoms with Gasteiger partial charge in [-0.2, -0.15) is 4.31 Å². The smallest absolute Gasteiger partial charge is 0.246 e. The Morgan fingerprint density at radius 2 is 2.00 bits per heavy atom. The molecule has 1 aromatic rings. The fourth-order valence-corrected chi connectivity index (χ4v) is 4.15. The van der Waals surface area contributed by atoms with E-state index in [2.05, 4.69) is 5.32 Å². The molecule has 0 spiro atoms. The molecular weight excluding hydrogens is 291 g/mol. The van der Waals surface area contributed by atoms with Crippen molar-refractivity contribution in [2.75, 3.05) is 20.1 Å². The van der Waals surface area contributed by atoms with E-state index in [1.54, 1.807) is 7.05 Å². The topological polar surface area (TPSA) is 49.4 Å². The Morgan fingerprint density at radius 1 is 1.37 bits per heavy atom. The van der Waals surface area contributed by atoms with Crippen molar-refractivity contribution in [1.82, 2.24) is 9.62 Å². The summed E-state index contributed by atoms with van der Waals surface area (Å²) in [5.41, 5.74) is 0.257. The van der Waals surface area contributed by atoms with Crippen LogP contribution in [-0.2, 0) is 16.6 Å². The van der Waals surface area contributed by atoms with Crippen LogP contribution in [0.15, 0.2) is 17.0 Å². The number of nitrogens with one attached hydrogen (secondary N) is 1. The predicted molar refractivity (Wildman–Crippen MR) is 72.2 cm³/mol. The highest BCUT2D eigenvalue weighted by Gasteiger charge is 2.30. The van der Waals surface area contributed by atoms with Crippen LogP contribution in [0.25, 0.3) is 0 Å². The van der Waals surface area contributed by atoms with Crippen LogP contribution in [0.5, 0.6) is 0 Å². The highest BCUT2D eigenvalue weighted by atomic mass is 35.5. The summed E-state index contributed by atoms with van der Waals surface area (Å²) in [7, 11) is -2.12. The van der Waals surface area contributed by atoms with Crippen LogP contribution in [0.4, 0.5) is 4.39 Å². The van der Waals surface area contributed by atoms with Gasteiger partial charge in [0.15, 0.2) is 0 Å². The summed E-state index contributed by atoms with van der Waals surface area (Å²) in [6, 6.07) is 2.63. The Balaban J connectivity index is 2.49. The Hall–Kier alpha value is -0.690. The lowest BCUT2D eigenvalue weighted by molar-refractivity contribution is 0.468. The fourth-order valence-electron chi connectivity index (χ4n) is 2.19. The van der Waals surface area contributed by atoms with E-state index in [1.165, 1.54) is 16.4 Å². The van der Waals surface area contributed by atoms with Gasteiger partial charge in [0.2, 0.25) is 10.0 Å². The van der Waals surface area contributed by atoms with Gasteiger partial charge in [-0.3, -0.25) is 0 Å². The molecule has 1 aromatic carbocycles. The first-order valence-corrected chi connectivity index (χ1v) is 7.91. The van der Waals surface area contributed by atoms with Gasteiger partial charge in [0, 0.05) is 30.2 Å². The largest absolute Gasteiger partial charge is 0.316 e. The van der Waals surface area contributed by atoms with Gasteiger partial charge in [-0.25, -0.2) is 12.8 Å². The number of rotatable bonds is 4. The molecule has 0 saturated carbocycles. The first-order valence-electron chi connectivity index (χ1n) is 6.09. The number of halogens is 2. The van der Waals surface area contributed by atoms with Gasteiger partial charge >= 0.3 is 0 Å². The molecule has 19 heavy (non-hydrogen) atoms. The third kappa shape index (κ3) is 2.91. The Labute approximate surface area is 117 Å². The quantitative estimate of drug-likeness (QED) is 0.925. The summed E-state index contributed by atoms with van der Waals surface area (Å²) in [5, 5.41) is 3.02. The summed E-state index contributed by atoms with van der Waals surface area (Å²) >= 11 is 5.89. The van der Waals surface area contributed by atoms with Gasteiger partial charge in [-0.1, -0.05) is 11.6 Å². The van der Waals surface area contributed by atoms with Gasteiger partial charge in [0.25, 0.3) is 0 Å². The van der Waals surface area contributed by atoms with Gasteiger partial charge in [0.1, 0.15) is 10.7 Å². The lowest BCUT2D eigenvalue weighted by Gasteiger charge is -2.17. The minimum atomic E-state index is -3.79. The van der Waals surface area contributed by atoms with Crippen molar-refractivity contribution in [3.05, 3.63) is 28.5 Å². The zero-order valence-corrected chi connectivity index (χ0v) is 12.2. The van der Waals surface area contributed by atoms with Crippen molar-refractivity contribution in [3.8, 4) is 0 Å². The molecule has 0 aliphatic carbocycles. The molecule has 1 fully saturated rings. The van der Waals surface area contributed by atoms with Crippen molar-refractivity contribution in [2.24, 2.45) is 0 Å². The van der Waals surface area contributed by atoms with E-state index in [1.807, 2.05) is 0 Å². The molecule has 0 amide bonds. The Morgan fingerprint density at radius 3 is 2.58 bits per heavy atom.